The van der Waals surface area contributed by atoms with Crippen molar-refractivity contribution in [1.29, 1.82) is 0 Å². The molecule has 0 aliphatic heterocycles. The van der Waals surface area contributed by atoms with E-state index in [-0.39, 0.29) is 18.5 Å². The maximum Gasteiger partial charge on any atom is 0.389 e. The Morgan fingerprint density at radius 2 is 1.85 bits per heavy atom. The van der Waals surface area contributed by atoms with Crippen LogP contribution in [0.1, 0.15) is 50.6 Å². The van der Waals surface area contributed by atoms with E-state index in [1.54, 1.807) is 0 Å². The molecular weight excluding hydrogens is 263 g/mol. The predicted molar refractivity (Wildman–Crippen MR) is 74.4 cm³/mol. The van der Waals surface area contributed by atoms with Gasteiger partial charge in [-0.2, -0.15) is 13.2 Å². The molecule has 2 atom stereocenters. The van der Waals surface area contributed by atoms with Gasteiger partial charge in [0.2, 0.25) is 0 Å². The van der Waals surface area contributed by atoms with Gasteiger partial charge in [0, 0.05) is 18.5 Å². The van der Waals surface area contributed by atoms with Gasteiger partial charge in [0.15, 0.2) is 0 Å². The number of nitrogens with one attached hydrogen (secondary N) is 1. The third kappa shape index (κ3) is 5.16. The molecule has 1 fully saturated rings. The smallest absolute Gasteiger partial charge is 0.307 e. The van der Waals surface area contributed by atoms with Crippen LogP contribution in [0.2, 0.25) is 0 Å². The second kappa shape index (κ2) is 6.61. The Bertz CT molecular complexity index is 398. The first-order valence-electron chi connectivity index (χ1n) is 7.33. The summed E-state index contributed by atoms with van der Waals surface area (Å²) >= 11 is 0. The van der Waals surface area contributed by atoms with Crippen LogP contribution >= 0.6 is 0 Å². The van der Waals surface area contributed by atoms with Gasteiger partial charge in [0.25, 0.3) is 0 Å². The van der Waals surface area contributed by atoms with Crippen LogP contribution in [0.15, 0.2) is 30.3 Å². The highest BCUT2D eigenvalue weighted by atomic mass is 19.4. The summed E-state index contributed by atoms with van der Waals surface area (Å²) in [7, 11) is 0. The van der Waals surface area contributed by atoms with Crippen molar-refractivity contribution in [2.45, 2.75) is 57.3 Å². The van der Waals surface area contributed by atoms with Gasteiger partial charge >= 0.3 is 6.18 Å². The normalized spacial score (nSPS) is 18.8. The molecule has 1 nitrogen and oxygen atoms in total. The lowest BCUT2D eigenvalue weighted by atomic mass is 10.0. The molecular formula is C16H22F3N. The highest BCUT2D eigenvalue weighted by Gasteiger charge is 2.33. The van der Waals surface area contributed by atoms with Crippen molar-refractivity contribution in [2.75, 3.05) is 0 Å². The quantitative estimate of drug-likeness (QED) is 0.755. The minimum absolute atomic E-state index is 0.114. The molecule has 0 heterocycles. The standard InChI is InChI=1S/C16H22F3N/c1-12(6-5-11-16(17,18)19)20-15(14-9-10-14)13-7-3-2-4-8-13/h2-4,7-8,12,14-15,20H,5-6,9-11H2,1H3. The molecule has 0 radical (unpaired) electrons. The molecule has 0 spiro atoms. The van der Waals surface area contributed by atoms with E-state index in [9.17, 15) is 13.2 Å². The summed E-state index contributed by atoms with van der Waals surface area (Å²) in [6.45, 7) is 1.98. The van der Waals surface area contributed by atoms with Crippen molar-refractivity contribution in [3.05, 3.63) is 35.9 Å². The van der Waals surface area contributed by atoms with Crippen molar-refractivity contribution >= 4 is 0 Å². The maximum absolute atomic E-state index is 12.2. The number of alkyl halides is 3. The van der Waals surface area contributed by atoms with Crippen molar-refractivity contribution < 1.29 is 13.2 Å². The number of halogens is 3. The Balaban J connectivity index is 1.83. The lowest BCUT2D eigenvalue weighted by molar-refractivity contribution is -0.135. The highest BCUT2D eigenvalue weighted by Crippen LogP contribution is 2.41. The molecule has 0 saturated heterocycles. The van der Waals surface area contributed by atoms with Crippen molar-refractivity contribution in [2.24, 2.45) is 5.92 Å². The predicted octanol–water partition coefficient (Wildman–Crippen LogP) is 4.85. The fourth-order valence-corrected chi connectivity index (χ4v) is 2.59. The van der Waals surface area contributed by atoms with Gasteiger partial charge in [0.05, 0.1) is 0 Å². The van der Waals surface area contributed by atoms with Gasteiger partial charge in [-0.25, -0.2) is 0 Å². The lowest BCUT2D eigenvalue weighted by Gasteiger charge is -2.24. The van der Waals surface area contributed by atoms with Gasteiger partial charge in [-0.3, -0.25) is 0 Å². The molecule has 2 rings (SSSR count). The topological polar surface area (TPSA) is 12.0 Å². The Labute approximate surface area is 118 Å². The highest BCUT2D eigenvalue weighted by molar-refractivity contribution is 5.21. The molecule has 1 aliphatic carbocycles. The fourth-order valence-electron chi connectivity index (χ4n) is 2.59. The van der Waals surface area contributed by atoms with Crippen LogP contribution in [-0.2, 0) is 0 Å². The van der Waals surface area contributed by atoms with Crippen molar-refractivity contribution in [3.8, 4) is 0 Å². The van der Waals surface area contributed by atoms with Gasteiger partial charge in [-0.15, -0.1) is 0 Å². The molecule has 1 aromatic rings. The zero-order chi connectivity index (χ0) is 14.6. The first kappa shape index (κ1) is 15.4. The molecule has 0 amide bonds. The van der Waals surface area contributed by atoms with Gasteiger partial charge < -0.3 is 5.32 Å². The first-order chi connectivity index (χ1) is 9.46. The van der Waals surface area contributed by atoms with E-state index in [1.807, 2.05) is 25.1 Å². The third-order valence-corrected chi connectivity index (χ3v) is 3.81. The molecule has 2 unspecified atom stereocenters. The Kier molecular flexibility index (Phi) is 5.08. The van der Waals surface area contributed by atoms with Crippen LogP contribution in [0.5, 0.6) is 0 Å². The second-order valence-corrected chi connectivity index (χ2v) is 5.80. The SMILES string of the molecule is CC(CCCC(F)(F)F)NC(c1ccccc1)C1CC1. The summed E-state index contributed by atoms with van der Waals surface area (Å²) in [4.78, 5) is 0. The average molecular weight is 285 g/mol. The molecule has 0 aromatic heterocycles. The third-order valence-electron chi connectivity index (χ3n) is 3.81. The van der Waals surface area contributed by atoms with Gasteiger partial charge in [-0.05, 0) is 44.1 Å². The minimum atomic E-state index is -4.03. The minimum Gasteiger partial charge on any atom is -0.307 e. The molecule has 1 saturated carbocycles. The zero-order valence-corrected chi connectivity index (χ0v) is 11.8. The van der Waals surface area contributed by atoms with E-state index in [1.165, 1.54) is 18.4 Å². The van der Waals surface area contributed by atoms with Crippen LogP contribution in [0.4, 0.5) is 13.2 Å². The summed E-state index contributed by atoms with van der Waals surface area (Å²) in [5.74, 6) is 0.641. The van der Waals surface area contributed by atoms with Crippen LogP contribution < -0.4 is 5.32 Å². The Morgan fingerprint density at radius 3 is 2.40 bits per heavy atom. The Morgan fingerprint density at radius 1 is 1.20 bits per heavy atom. The van der Waals surface area contributed by atoms with E-state index < -0.39 is 12.6 Å². The van der Waals surface area contributed by atoms with E-state index in [0.717, 1.165) is 0 Å². The maximum atomic E-state index is 12.2. The number of hydrogen-bond acceptors (Lipinski definition) is 1. The van der Waals surface area contributed by atoms with Crippen LogP contribution in [0, 0.1) is 5.92 Å². The molecule has 112 valence electrons. The van der Waals surface area contributed by atoms with E-state index >= 15 is 0 Å². The van der Waals surface area contributed by atoms with Crippen LogP contribution in [0.3, 0.4) is 0 Å². The summed E-state index contributed by atoms with van der Waals surface area (Å²) in [5, 5.41) is 3.51. The largest absolute Gasteiger partial charge is 0.389 e. The number of benzene rings is 1. The number of hydrogen-bond donors (Lipinski definition) is 1. The molecule has 4 heteroatoms. The van der Waals surface area contributed by atoms with Gasteiger partial charge in [0.1, 0.15) is 0 Å². The lowest BCUT2D eigenvalue weighted by Crippen LogP contribution is -2.32. The zero-order valence-electron chi connectivity index (χ0n) is 11.8. The summed E-state index contributed by atoms with van der Waals surface area (Å²) in [6, 6.07) is 10.6. The summed E-state index contributed by atoms with van der Waals surface area (Å²) in [6.07, 6.45) is -1.53. The molecule has 1 N–H and O–H groups in total. The number of rotatable bonds is 7. The first-order valence-corrected chi connectivity index (χ1v) is 7.33. The van der Waals surface area contributed by atoms with Crippen molar-refractivity contribution in [3.63, 3.8) is 0 Å². The Hall–Kier alpha value is -1.03. The van der Waals surface area contributed by atoms with E-state index in [0.29, 0.717) is 12.3 Å². The fraction of sp³-hybridized carbons (Fsp3) is 0.625. The van der Waals surface area contributed by atoms with Crippen LogP contribution in [-0.4, -0.2) is 12.2 Å². The monoisotopic (exact) mass is 285 g/mol. The molecule has 20 heavy (non-hydrogen) atoms. The molecule has 0 bridgehead atoms. The molecule has 1 aliphatic rings. The van der Waals surface area contributed by atoms with Gasteiger partial charge in [-0.1, -0.05) is 30.3 Å². The van der Waals surface area contributed by atoms with E-state index in [2.05, 4.69) is 17.4 Å². The summed E-state index contributed by atoms with van der Waals surface area (Å²) < 4.78 is 36.5. The van der Waals surface area contributed by atoms with Crippen molar-refractivity contribution in [1.82, 2.24) is 5.32 Å². The summed E-state index contributed by atoms with van der Waals surface area (Å²) in [5.41, 5.74) is 1.25. The molecule has 1 aromatic carbocycles. The van der Waals surface area contributed by atoms with Crippen LogP contribution in [0.25, 0.3) is 0 Å². The second-order valence-electron chi connectivity index (χ2n) is 5.80. The average Bonchev–Trinajstić information content (AvgIpc) is 3.20. The van der Waals surface area contributed by atoms with E-state index in [4.69, 9.17) is 0 Å².